The van der Waals surface area contributed by atoms with Crippen molar-refractivity contribution < 1.29 is 13.9 Å². The van der Waals surface area contributed by atoms with Gasteiger partial charge in [0.05, 0.1) is 6.54 Å². The fourth-order valence-electron chi connectivity index (χ4n) is 3.63. The monoisotopic (exact) mass is 344 g/mol. The fourth-order valence-corrected chi connectivity index (χ4v) is 3.63. The molecular weight excluding hydrogens is 323 g/mol. The number of ether oxygens (including phenoxy) is 1. The third-order valence-electron chi connectivity index (χ3n) is 5.14. The largest absolute Gasteiger partial charge is 0.441 e. The minimum Gasteiger partial charge on any atom is -0.441 e. The number of nitrogens with zero attached hydrogens (tertiary/aromatic N) is 2. The molecular formula is C18H21FN4O2. The van der Waals surface area contributed by atoms with E-state index in [0.717, 1.165) is 38.0 Å². The Kier molecular flexibility index (Phi) is 4.07. The highest BCUT2D eigenvalue weighted by atomic mass is 19.1. The van der Waals surface area contributed by atoms with Crippen LogP contribution in [0.1, 0.15) is 25.7 Å². The van der Waals surface area contributed by atoms with Crippen LogP contribution < -0.4 is 10.6 Å². The molecule has 1 spiro atoms. The Bertz CT molecular complexity index is 768. The van der Waals surface area contributed by atoms with Crippen LogP contribution in [-0.4, -0.2) is 34.6 Å². The highest BCUT2D eigenvalue weighted by molar-refractivity contribution is 5.70. The predicted octanol–water partition coefficient (Wildman–Crippen LogP) is 3.09. The van der Waals surface area contributed by atoms with Crippen LogP contribution in [0.3, 0.4) is 0 Å². The summed E-state index contributed by atoms with van der Waals surface area (Å²) in [5, 5.41) is 10.5. The maximum atomic E-state index is 13.8. The van der Waals surface area contributed by atoms with E-state index in [1.807, 2.05) is 6.07 Å². The third-order valence-corrected chi connectivity index (χ3v) is 5.14. The Labute approximate surface area is 145 Å². The number of carbonyl (C=O) groups excluding carboxylic acids is 1. The number of hydrogen-bond donors (Lipinski definition) is 2. The molecule has 6 nitrogen and oxygen atoms in total. The van der Waals surface area contributed by atoms with Crippen molar-refractivity contribution in [2.24, 2.45) is 5.92 Å². The summed E-state index contributed by atoms with van der Waals surface area (Å²) in [6.07, 6.45) is 5.26. The van der Waals surface area contributed by atoms with E-state index in [-0.39, 0.29) is 17.5 Å². The molecule has 1 aromatic heterocycles. The zero-order valence-electron chi connectivity index (χ0n) is 13.9. The molecule has 0 atom stereocenters. The summed E-state index contributed by atoms with van der Waals surface area (Å²) in [5.74, 6) is 0.954. The molecule has 0 unspecified atom stereocenters. The fraction of sp³-hybridized carbons (Fsp3) is 0.444. The minimum absolute atomic E-state index is 0.292. The molecule has 0 radical (unpaired) electrons. The lowest BCUT2D eigenvalue weighted by molar-refractivity contribution is 0.0148. The Morgan fingerprint density at radius 1 is 1.32 bits per heavy atom. The molecule has 25 heavy (non-hydrogen) atoms. The van der Waals surface area contributed by atoms with Gasteiger partial charge in [0.1, 0.15) is 22.9 Å². The van der Waals surface area contributed by atoms with E-state index in [9.17, 15) is 9.18 Å². The summed E-state index contributed by atoms with van der Waals surface area (Å²) in [5.41, 5.74) is 0.144. The van der Waals surface area contributed by atoms with Gasteiger partial charge in [0.25, 0.3) is 0 Å². The number of nitrogens with one attached hydrogen (secondary N) is 2. The molecule has 0 bridgehead atoms. The first-order chi connectivity index (χ1) is 12.1. The van der Waals surface area contributed by atoms with Crippen molar-refractivity contribution in [3.8, 4) is 5.69 Å². The molecule has 1 aliphatic carbocycles. The van der Waals surface area contributed by atoms with Gasteiger partial charge in [-0.25, -0.2) is 13.9 Å². The van der Waals surface area contributed by atoms with Gasteiger partial charge in [-0.1, -0.05) is 12.1 Å². The van der Waals surface area contributed by atoms with Crippen molar-refractivity contribution in [1.82, 2.24) is 15.1 Å². The smallest absolute Gasteiger partial charge is 0.407 e. The standard InChI is InChI=1S/C18H21FN4O2/c19-14-3-1-2-4-15(14)23-10-7-16(22-23)20-11-13-5-8-18(9-6-13)12-21-17(24)25-18/h1-4,7,10,13H,5-6,8-9,11-12H2,(H,20,22)(H,21,24)/t13-,18-. The lowest BCUT2D eigenvalue weighted by Crippen LogP contribution is -2.38. The van der Waals surface area contributed by atoms with E-state index >= 15 is 0 Å². The van der Waals surface area contributed by atoms with Crippen LogP contribution in [0.25, 0.3) is 5.69 Å². The lowest BCUT2D eigenvalue weighted by atomic mass is 9.79. The Hall–Kier alpha value is -2.57. The van der Waals surface area contributed by atoms with Crippen molar-refractivity contribution in [3.63, 3.8) is 0 Å². The van der Waals surface area contributed by atoms with Gasteiger partial charge in [-0.15, -0.1) is 0 Å². The minimum atomic E-state index is -0.297. The van der Waals surface area contributed by atoms with Gasteiger partial charge in [-0.05, 0) is 43.7 Å². The molecule has 2 N–H and O–H groups in total. The number of anilines is 1. The third kappa shape index (κ3) is 3.31. The van der Waals surface area contributed by atoms with Crippen molar-refractivity contribution in [1.29, 1.82) is 0 Å². The van der Waals surface area contributed by atoms with Gasteiger partial charge in [0.15, 0.2) is 0 Å². The first-order valence-corrected chi connectivity index (χ1v) is 8.65. The van der Waals surface area contributed by atoms with Gasteiger partial charge in [-0.2, -0.15) is 5.10 Å². The Morgan fingerprint density at radius 2 is 2.12 bits per heavy atom. The van der Waals surface area contributed by atoms with Crippen LogP contribution in [0.5, 0.6) is 0 Å². The summed E-state index contributed by atoms with van der Waals surface area (Å²) in [7, 11) is 0. The summed E-state index contributed by atoms with van der Waals surface area (Å²) in [4.78, 5) is 11.3. The van der Waals surface area contributed by atoms with Gasteiger partial charge in [-0.3, -0.25) is 0 Å². The molecule has 1 saturated carbocycles. The highest BCUT2D eigenvalue weighted by Crippen LogP contribution is 2.36. The summed E-state index contributed by atoms with van der Waals surface area (Å²) < 4.78 is 20.8. The molecule has 1 amide bonds. The molecule has 1 saturated heterocycles. The van der Waals surface area contributed by atoms with E-state index in [1.54, 1.807) is 24.4 Å². The summed E-state index contributed by atoms with van der Waals surface area (Å²) >= 11 is 0. The maximum Gasteiger partial charge on any atom is 0.407 e. The Morgan fingerprint density at radius 3 is 2.84 bits per heavy atom. The van der Waals surface area contributed by atoms with Gasteiger partial charge >= 0.3 is 6.09 Å². The van der Waals surface area contributed by atoms with E-state index in [4.69, 9.17) is 4.74 Å². The molecule has 2 heterocycles. The second-order valence-corrected chi connectivity index (χ2v) is 6.85. The normalized spacial score (nSPS) is 25.6. The van der Waals surface area contributed by atoms with Gasteiger partial charge < -0.3 is 15.4 Å². The number of rotatable bonds is 4. The second kappa shape index (κ2) is 6.38. The van der Waals surface area contributed by atoms with Crippen molar-refractivity contribution >= 4 is 11.9 Å². The molecule has 2 aliphatic rings. The zero-order chi connectivity index (χ0) is 17.3. The van der Waals surface area contributed by atoms with Crippen LogP contribution >= 0.6 is 0 Å². The first-order valence-electron chi connectivity index (χ1n) is 8.65. The number of alkyl carbamates (subject to hydrolysis) is 1. The van der Waals surface area contributed by atoms with Crippen molar-refractivity contribution in [2.45, 2.75) is 31.3 Å². The summed E-state index contributed by atoms with van der Waals surface area (Å²) in [6.45, 7) is 1.44. The van der Waals surface area contributed by atoms with Gasteiger partial charge in [0.2, 0.25) is 0 Å². The molecule has 132 valence electrons. The number of aromatic nitrogens is 2. The molecule has 1 aromatic carbocycles. The van der Waals surface area contributed by atoms with E-state index in [1.165, 1.54) is 10.7 Å². The second-order valence-electron chi connectivity index (χ2n) is 6.85. The average Bonchev–Trinajstić information content (AvgIpc) is 3.22. The highest BCUT2D eigenvalue weighted by Gasteiger charge is 2.43. The maximum absolute atomic E-state index is 13.8. The Balaban J connectivity index is 1.31. The van der Waals surface area contributed by atoms with E-state index in [0.29, 0.717) is 18.2 Å². The predicted molar refractivity (Wildman–Crippen MR) is 91.2 cm³/mol. The molecule has 1 aliphatic heterocycles. The molecule has 7 heteroatoms. The van der Waals surface area contributed by atoms with Gasteiger partial charge in [0, 0.05) is 18.8 Å². The number of benzene rings is 1. The number of para-hydroxylation sites is 1. The lowest BCUT2D eigenvalue weighted by Gasteiger charge is -2.34. The molecule has 2 fully saturated rings. The molecule has 4 rings (SSSR count). The number of hydrogen-bond acceptors (Lipinski definition) is 4. The van der Waals surface area contributed by atoms with Crippen LogP contribution in [0.15, 0.2) is 36.5 Å². The number of amides is 1. The first kappa shape index (κ1) is 15.9. The van der Waals surface area contributed by atoms with E-state index in [2.05, 4.69) is 15.7 Å². The van der Waals surface area contributed by atoms with Crippen LogP contribution in [-0.2, 0) is 4.74 Å². The SMILES string of the molecule is O=C1NC[C@]2(CC[C@@H](CNc3ccn(-c4ccccc4F)n3)CC2)O1. The van der Waals surface area contributed by atoms with Crippen LogP contribution in [0.2, 0.25) is 0 Å². The van der Waals surface area contributed by atoms with Crippen molar-refractivity contribution in [3.05, 3.63) is 42.3 Å². The van der Waals surface area contributed by atoms with Crippen LogP contribution in [0.4, 0.5) is 15.0 Å². The number of carbonyl (C=O) groups is 1. The topological polar surface area (TPSA) is 68.2 Å². The van der Waals surface area contributed by atoms with Crippen molar-refractivity contribution in [2.75, 3.05) is 18.4 Å². The molecule has 2 aromatic rings. The van der Waals surface area contributed by atoms with E-state index < -0.39 is 0 Å². The number of halogens is 1. The quantitative estimate of drug-likeness (QED) is 0.894. The zero-order valence-corrected chi connectivity index (χ0v) is 13.9. The summed E-state index contributed by atoms with van der Waals surface area (Å²) in [6, 6.07) is 8.42. The van der Waals surface area contributed by atoms with Crippen LogP contribution in [0, 0.1) is 11.7 Å². The average molecular weight is 344 g/mol.